The molecule has 0 unspecified atom stereocenters. The standard InChI is InChI=1S/C14H22N6O/c1-11-9-20(5-4-19(11)6-7-21-3)14-12-8-17-18(2)13(12)15-10-16-14/h8,10-11H,4-7,9H2,1-3H3/t11-/m0/s1. The van der Waals surface area contributed by atoms with Crippen molar-refractivity contribution in [3.8, 4) is 0 Å². The molecule has 2 aromatic rings. The Hall–Kier alpha value is -1.73. The monoisotopic (exact) mass is 290 g/mol. The van der Waals surface area contributed by atoms with Crippen molar-refractivity contribution in [2.75, 3.05) is 44.8 Å². The summed E-state index contributed by atoms with van der Waals surface area (Å²) in [6.45, 7) is 6.97. The van der Waals surface area contributed by atoms with Gasteiger partial charge in [-0.2, -0.15) is 5.10 Å². The van der Waals surface area contributed by atoms with Gasteiger partial charge in [-0.3, -0.25) is 9.58 Å². The largest absolute Gasteiger partial charge is 0.383 e. The fourth-order valence-corrected chi connectivity index (χ4v) is 2.93. The number of fused-ring (bicyclic) bond motifs is 1. The molecule has 0 bridgehead atoms. The normalized spacial score (nSPS) is 20.3. The van der Waals surface area contributed by atoms with Crippen LogP contribution in [0.25, 0.3) is 11.0 Å². The van der Waals surface area contributed by atoms with Crippen LogP contribution in [0.4, 0.5) is 5.82 Å². The minimum atomic E-state index is 0.482. The van der Waals surface area contributed by atoms with E-state index in [0.29, 0.717) is 6.04 Å². The van der Waals surface area contributed by atoms with E-state index in [1.807, 2.05) is 13.2 Å². The molecule has 0 aliphatic carbocycles. The highest BCUT2D eigenvalue weighted by Gasteiger charge is 2.25. The second kappa shape index (κ2) is 5.95. The van der Waals surface area contributed by atoms with Crippen molar-refractivity contribution >= 4 is 16.9 Å². The van der Waals surface area contributed by atoms with Crippen molar-refractivity contribution in [2.24, 2.45) is 7.05 Å². The summed E-state index contributed by atoms with van der Waals surface area (Å²) in [5, 5.41) is 5.31. The zero-order valence-electron chi connectivity index (χ0n) is 12.9. The quantitative estimate of drug-likeness (QED) is 0.818. The zero-order chi connectivity index (χ0) is 14.8. The minimum absolute atomic E-state index is 0.482. The molecule has 0 radical (unpaired) electrons. The number of hydrogen-bond donors (Lipinski definition) is 0. The Morgan fingerprint density at radius 3 is 2.95 bits per heavy atom. The van der Waals surface area contributed by atoms with Crippen LogP contribution in [0, 0.1) is 0 Å². The summed E-state index contributed by atoms with van der Waals surface area (Å²) in [5.74, 6) is 0.992. The summed E-state index contributed by atoms with van der Waals surface area (Å²) in [5.41, 5.74) is 0.884. The number of nitrogens with zero attached hydrogens (tertiary/aromatic N) is 6. The predicted octanol–water partition coefficient (Wildman–Crippen LogP) is 0.520. The summed E-state index contributed by atoms with van der Waals surface area (Å²) in [6, 6.07) is 0.482. The smallest absolute Gasteiger partial charge is 0.163 e. The molecular formula is C14H22N6O. The number of rotatable bonds is 4. The van der Waals surface area contributed by atoms with Gasteiger partial charge in [0, 0.05) is 46.4 Å². The number of methoxy groups -OCH3 is 1. The molecule has 7 heteroatoms. The maximum atomic E-state index is 5.18. The molecule has 0 spiro atoms. The first-order chi connectivity index (χ1) is 10.2. The van der Waals surface area contributed by atoms with E-state index >= 15 is 0 Å². The molecular weight excluding hydrogens is 268 g/mol. The van der Waals surface area contributed by atoms with Gasteiger partial charge in [-0.25, -0.2) is 9.97 Å². The molecule has 7 nitrogen and oxygen atoms in total. The molecule has 2 aromatic heterocycles. The van der Waals surface area contributed by atoms with Gasteiger partial charge in [0.1, 0.15) is 12.1 Å². The van der Waals surface area contributed by atoms with E-state index in [1.54, 1.807) is 18.1 Å². The summed E-state index contributed by atoms with van der Waals surface area (Å²) in [7, 11) is 3.66. The van der Waals surface area contributed by atoms with Crippen molar-refractivity contribution in [3.05, 3.63) is 12.5 Å². The lowest BCUT2D eigenvalue weighted by Crippen LogP contribution is -2.53. The molecule has 3 heterocycles. The molecule has 0 aromatic carbocycles. The van der Waals surface area contributed by atoms with Crippen molar-refractivity contribution in [1.29, 1.82) is 0 Å². The second-order valence-electron chi connectivity index (χ2n) is 5.53. The average Bonchev–Trinajstić information content (AvgIpc) is 2.88. The van der Waals surface area contributed by atoms with Gasteiger partial charge in [0.15, 0.2) is 5.65 Å². The number of ether oxygens (including phenoxy) is 1. The number of aryl methyl sites for hydroxylation is 1. The van der Waals surface area contributed by atoms with E-state index < -0.39 is 0 Å². The molecule has 1 atom stereocenters. The Labute approximate surface area is 124 Å². The van der Waals surface area contributed by atoms with Crippen LogP contribution >= 0.6 is 0 Å². The van der Waals surface area contributed by atoms with Gasteiger partial charge in [-0.15, -0.1) is 0 Å². The summed E-state index contributed by atoms with van der Waals surface area (Å²) >= 11 is 0. The van der Waals surface area contributed by atoms with Crippen LogP contribution in [-0.2, 0) is 11.8 Å². The molecule has 0 N–H and O–H groups in total. The van der Waals surface area contributed by atoms with Crippen molar-refractivity contribution in [1.82, 2.24) is 24.6 Å². The summed E-state index contributed by atoms with van der Waals surface area (Å²) < 4.78 is 6.97. The molecule has 114 valence electrons. The van der Waals surface area contributed by atoms with E-state index in [2.05, 4.69) is 31.8 Å². The van der Waals surface area contributed by atoms with Crippen molar-refractivity contribution < 1.29 is 4.74 Å². The van der Waals surface area contributed by atoms with E-state index in [-0.39, 0.29) is 0 Å². The van der Waals surface area contributed by atoms with Crippen LogP contribution in [0.3, 0.4) is 0 Å². The lowest BCUT2D eigenvalue weighted by Gasteiger charge is -2.40. The van der Waals surface area contributed by atoms with Crippen LogP contribution in [-0.4, -0.2) is 70.6 Å². The first-order valence-electron chi connectivity index (χ1n) is 7.31. The lowest BCUT2D eigenvalue weighted by atomic mass is 10.2. The fourth-order valence-electron chi connectivity index (χ4n) is 2.93. The predicted molar refractivity (Wildman–Crippen MR) is 81.4 cm³/mol. The van der Waals surface area contributed by atoms with Crippen LogP contribution < -0.4 is 4.90 Å². The van der Waals surface area contributed by atoms with E-state index in [9.17, 15) is 0 Å². The SMILES string of the molecule is COCCN1CCN(c2ncnc3c2cnn3C)C[C@@H]1C. The Bertz CT molecular complexity index is 613. The average molecular weight is 290 g/mol. The van der Waals surface area contributed by atoms with Gasteiger partial charge in [0.25, 0.3) is 0 Å². The number of anilines is 1. The van der Waals surface area contributed by atoms with Crippen LogP contribution in [0.2, 0.25) is 0 Å². The Balaban J connectivity index is 1.78. The minimum Gasteiger partial charge on any atom is -0.383 e. The van der Waals surface area contributed by atoms with Gasteiger partial charge in [-0.1, -0.05) is 0 Å². The topological polar surface area (TPSA) is 59.3 Å². The molecule has 0 amide bonds. The highest BCUT2D eigenvalue weighted by atomic mass is 16.5. The van der Waals surface area contributed by atoms with Gasteiger partial charge in [0.2, 0.25) is 0 Å². The van der Waals surface area contributed by atoms with Gasteiger partial charge >= 0.3 is 0 Å². The Morgan fingerprint density at radius 1 is 1.33 bits per heavy atom. The third-order valence-corrected chi connectivity index (χ3v) is 4.16. The van der Waals surface area contributed by atoms with Gasteiger partial charge in [-0.05, 0) is 6.92 Å². The number of piperazine rings is 1. The van der Waals surface area contributed by atoms with Crippen molar-refractivity contribution in [2.45, 2.75) is 13.0 Å². The van der Waals surface area contributed by atoms with Gasteiger partial charge in [0.05, 0.1) is 18.2 Å². The van der Waals surface area contributed by atoms with Gasteiger partial charge < -0.3 is 9.64 Å². The third kappa shape index (κ3) is 2.71. The molecule has 1 aliphatic heterocycles. The number of hydrogen-bond acceptors (Lipinski definition) is 6. The van der Waals surface area contributed by atoms with Crippen LogP contribution in [0.1, 0.15) is 6.92 Å². The van der Waals surface area contributed by atoms with E-state index in [0.717, 1.165) is 49.6 Å². The lowest BCUT2D eigenvalue weighted by molar-refractivity contribution is 0.117. The molecule has 1 fully saturated rings. The maximum absolute atomic E-state index is 5.18. The first-order valence-corrected chi connectivity index (χ1v) is 7.31. The third-order valence-electron chi connectivity index (χ3n) is 4.16. The second-order valence-corrected chi connectivity index (χ2v) is 5.53. The van der Waals surface area contributed by atoms with E-state index in [1.165, 1.54) is 0 Å². The zero-order valence-corrected chi connectivity index (χ0v) is 12.9. The van der Waals surface area contributed by atoms with Crippen LogP contribution in [0.5, 0.6) is 0 Å². The summed E-state index contributed by atoms with van der Waals surface area (Å²) in [6.07, 6.45) is 3.48. The molecule has 3 rings (SSSR count). The number of aromatic nitrogens is 4. The fraction of sp³-hybridized carbons (Fsp3) is 0.643. The summed E-state index contributed by atoms with van der Waals surface area (Å²) in [4.78, 5) is 13.6. The highest BCUT2D eigenvalue weighted by Crippen LogP contribution is 2.24. The maximum Gasteiger partial charge on any atom is 0.163 e. The Morgan fingerprint density at radius 2 is 2.19 bits per heavy atom. The highest BCUT2D eigenvalue weighted by molar-refractivity contribution is 5.86. The molecule has 1 saturated heterocycles. The van der Waals surface area contributed by atoms with Crippen LogP contribution in [0.15, 0.2) is 12.5 Å². The Kier molecular flexibility index (Phi) is 4.03. The molecule has 0 saturated carbocycles. The molecule has 21 heavy (non-hydrogen) atoms. The molecule has 1 aliphatic rings. The van der Waals surface area contributed by atoms with E-state index in [4.69, 9.17) is 4.74 Å². The van der Waals surface area contributed by atoms with Crippen molar-refractivity contribution in [3.63, 3.8) is 0 Å². The first kappa shape index (κ1) is 14.2.